The zero-order chi connectivity index (χ0) is 12.5. The number of likely N-dealkylation sites (tertiary alicyclic amines) is 1. The highest BCUT2D eigenvalue weighted by molar-refractivity contribution is 5.80. The van der Waals surface area contributed by atoms with E-state index in [4.69, 9.17) is 9.78 Å². The van der Waals surface area contributed by atoms with Crippen LogP contribution in [0.1, 0.15) is 30.0 Å². The lowest BCUT2D eigenvalue weighted by atomic mass is 9.91. The molecule has 1 saturated heterocycles. The number of aryl methyl sites for hydroxylation is 1. The van der Waals surface area contributed by atoms with Crippen LogP contribution in [-0.2, 0) is 0 Å². The van der Waals surface area contributed by atoms with Crippen molar-refractivity contribution in [3.05, 3.63) is 29.5 Å². The van der Waals surface area contributed by atoms with E-state index in [9.17, 15) is 0 Å². The molecule has 1 aromatic carbocycles. The van der Waals surface area contributed by atoms with Crippen molar-refractivity contribution in [2.45, 2.75) is 25.7 Å². The lowest BCUT2D eigenvalue weighted by Gasteiger charge is -2.26. The molecule has 0 aliphatic carbocycles. The van der Waals surface area contributed by atoms with Gasteiger partial charge in [0.2, 0.25) is 0 Å². The smallest absolute Gasteiger partial charge is 0.179 e. The average Bonchev–Trinajstić information content (AvgIpc) is 2.82. The van der Waals surface area contributed by atoms with Crippen LogP contribution in [0.3, 0.4) is 0 Å². The van der Waals surface area contributed by atoms with Gasteiger partial charge in [-0.1, -0.05) is 16.8 Å². The molecular weight excluding hydrogens is 226 g/mol. The maximum atomic E-state index is 8.86. The Hall–Kier alpha value is -2.02. The van der Waals surface area contributed by atoms with Crippen LogP contribution < -0.4 is 0 Å². The molecule has 0 unspecified atom stereocenters. The third-order valence-electron chi connectivity index (χ3n) is 3.68. The maximum absolute atomic E-state index is 8.86. The van der Waals surface area contributed by atoms with Crippen molar-refractivity contribution >= 4 is 11.0 Å². The van der Waals surface area contributed by atoms with E-state index in [0.29, 0.717) is 5.92 Å². The van der Waals surface area contributed by atoms with Gasteiger partial charge >= 0.3 is 0 Å². The van der Waals surface area contributed by atoms with E-state index in [1.54, 1.807) is 0 Å². The quantitative estimate of drug-likeness (QED) is 0.720. The molecule has 0 amide bonds. The number of benzene rings is 1. The van der Waals surface area contributed by atoms with Gasteiger partial charge in [-0.25, -0.2) is 0 Å². The molecule has 1 aliphatic heterocycles. The van der Waals surface area contributed by atoms with Gasteiger partial charge in [0.15, 0.2) is 11.8 Å². The molecular formula is C14H15N3O. The van der Waals surface area contributed by atoms with E-state index in [1.165, 1.54) is 5.56 Å². The Morgan fingerprint density at radius 2 is 2.17 bits per heavy atom. The minimum atomic E-state index is 0.414. The second kappa shape index (κ2) is 4.34. The molecule has 4 heteroatoms. The molecule has 0 saturated carbocycles. The van der Waals surface area contributed by atoms with Crippen molar-refractivity contribution < 1.29 is 4.52 Å². The van der Waals surface area contributed by atoms with Gasteiger partial charge in [-0.2, -0.15) is 5.26 Å². The number of rotatable bonds is 1. The average molecular weight is 241 g/mol. The monoisotopic (exact) mass is 241 g/mol. The first-order valence-corrected chi connectivity index (χ1v) is 6.28. The number of fused-ring (bicyclic) bond motifs is 1. The van der Waals surface area contributed by atoms with Gasteiger partial charge in [0.05, 0.1) is 5.69 Å². The fourth-order valence-corrected chi connectivity index (χ4v) is 2.62. The number of nitrogens with zero attached hydrogens (tertiary/aromatic N) is 3. The third-order valence-corrected chi connectivity index (χ3v) is 3.68. The van der Waals surface area contributed by atoms with Crippen LogP contribution >= 0.6 is 0 Å². The molecule has 2 aromatic rings. The number of piperidine rings is 1. The van der Waals surface area contributed by atoms with Gasteiger partial charge in [0, 0.05) is 24.4 Å². The number of hydrogen-bond acceptors (Lipinski definition) is 4. The lowest BCUT2D eigenvalue weighted by molar-refractivity contribution is 0.288. The van der Waals surface area contributed by atoms with Crippen molar-refractivity contribution in [2.75, 3.05) is 13.1 Å². The predicted octanol–water partition coefficient (Wildman–Crippen LogP) is 2.80. The molecule has 0 atom stereocenters. The van der Waals surface area contributed by atoms with Gasteiger partial charge < -0.3 is 9.42 Å². The summed E-state index contributed by atoms with van der Waals surface area (Å²) in [4.78, 5) is 1.81. The van der Waals surface area contributed by atoms with Crippen molar-refractivity contribution in [3.63, 3.8) is 0 Å². The highest BCUT2D eigenvalue weighted by Crippen LogP contribution is 2.32. The van der Waals surface area contributed by atoms with Crippen LogP contribution in [0.2, 0.25) is 0 Å². The summed E-state index contributed by atoms with van der Waals surface area (Å²) in [6.07, 6.45) is 4.16. The lowest BCUT2D eigenvalue weighted by Crippen LogP contribution is -2.29. The summed E-state index contributed by atoms with van der Waals surface area (Å²) < 4.78 is 5.38. The van der Waals surface area contributed by atoms with Gasteiger partial charge in [-0.3, -0.25) is 0 Å². The van der Waals surface area contributed by atoms with Crippen LogP contribution in [0, 0.1) is 18.4 Å². The summed E-state index contributed by atoms with van der Waals surface area (Å²) in [6.45, 7) is 3.72. The second-order valence-corrected chi connectivity index (χ2v) is 4.93. The molecule has 2 heterocycles. The molecule has 1 fully saturated rings. The number of aromatic nitrogens is 1. The maximum Gasteiger partial charge on any atom is 0.179 e. The first kappa shape index (κ1) is 11.1. The molecule has 0 spiro atoms. The summed E-state index contributed by atoms with van der Waals surface area (Å²) in [5.41, 5.74) is 3.14. The summed E-state index contributed by atoms with van der Waals surface area (Å²) in [5, 5.41) is 14.2. The van der Waals surface area contributed by atoms with E-state index in [0.717, 1.165) is 42.6 Å². The molecule has 0 bridgehead atoms. The highest BCUT2D eigenvalue weighted by Gasteiger charge is 2.24. The van der Waals surface area contributed by atoms with Crippen molar-refractivity contribution in [3.8, 4) is 6.19 Å². The Morgan fingerprint density at radius 3 is 2.89 bits per heavy atom. The Morgan fingerprint density at radius 1 is 1.39 bits per heavy atom. The fourth-order valence-electron chi connectivity index (χ4n) is 2.62. The van der Waals surface area contributed by atoms with Gasteiger partial charge in [-0.15, -0.1) is 0 Å². The van der Waals surface area contributed by atoms with Gasteiger partial charge in [0.25, 0.3) is 0 Å². The first-order valence-electron chi connectivity index (χ1n) is 6.28. The highest BCUT2D eigenvalue weighted by atomic mass is 16.5. The molecule has 1 aliphatic rings. The summed E-state index contributed by atoms with van der Waals surface area (Å²) in [7, 11) is 0. The van der Waals surface area contributed by atoms with Crippen LogP contribution in [0.4, 0.5) is 0 Å². The van der Waals surface area contributed by atoms with Crippen LogP contribution in [0.25, 0.3) is 11.0 Å². The summed E-state index contributed by atoms with van der Waals surface area (Å²) >= 11 is 0. The Bertz CT molecular complexity index is 603. The zero-order valence-electron chi connectivity index (χ0n) is 10.4. The van der Waals surface area contributed by atoms with Crippen LogP contribution in [0.5, 0.6) is 0 Å². The van der Waals surface area contributed by atoms with Gasteiger partial charge in [0.1, 0.15) is 0 Å². The molecule has 3 rings (SSSR count). The topological polar surface area (TPSA) is 53.1 Å². The van der Waals surface area contributed by atoms with Crippen molar-refractivity contribution in [2.24, 2.45) is 0 Å². The van der Waals surface area contributed by atoms with Crippen LogP contribution in [-0.4, -0.2) is 23.1 Å². The van der Waals surface area contributed by atoms with Crippen molar-refractivity contribution in [1.82, 2.24) is 10.1 Å². The van der Waals surface area contributed by atoms with E-state index in [2.05, 4.69) is 24.3 Å². The number of hydrogen-bond donors (Lipinski definition) is 0. The van der Waals surface area contributed by atoms with Gasteiger partial charge in [-0.05, 0) is 31.9 Å². The first-order chi connectivity index (χ1) is 8.78. The zero-order valence-corrected chi connectivity index (χ0v) is 10.4. The third kappa shape index (κ3) is 1.82. The van der Waals surface area contributed by atoms with Crippen molar-refractivity contribution in [1.29, 1.82) is 5.26 Å². The fraction of sp³-hybridized carbons (Fsp3) is 0.429. The summed E-state index contributed by atoms with van der Waals surface area (Å²) in [6, 6.07) is 6.15. The molecule has 0 radical (unpaired) electrons. The van der Waals surface area contributed by atoms with E-state index >= 15 is 0 Å². The Labute approximate surface area is 106 Å². The van der Waals surface area contributed by atoms with Crippen LogP contribution in [0.15, 0.2) is 22.7 Å². The molecule has 4 nitrogen and oxygen atoms in total. The second-order valence-electron chi connectivity index (χ2n) is 4.93. The van der Waals surface area contributed by atoms with E-state index in [1.807, 2.05) is 17.0 Å². The largest absolute Gasteiger partial charge is 0.356 e. The van der Waals surface area contributed by atoms with E-state index < -0.39 is 0 Å². The predicted molar refractivity (Wildman–Crippen MR) is 67.9 cm³/mol. The summed E-state index contributed by atoms with van der Waals surface area (Å²) in [5.74, 6) is 0.414. The molecule has 18 heavy (non-hydrogen) atoms. The minimum Gasteiger partial charge on any atom is -0.356 e. The molecule has 0 N–H and O–H groups in total. The minimum absolute atomic E-state index is 0.414. The Kier molecular flexibility index (Phi) is 2.67. The SMILES string of the molecule is Cc1ccc2onc(C3CCN(C#N)CC3)c2c1. The molecule has 1 aromatic heterocycles. The normalized spacial score (nSPS) is 17.0. The number of nitriles is 1. The molecule has 92 valence electrons. The Balaban J connectivity index is 1.91. The standard InChI is InChI=1S/C14H15N3O/c1-10-2-3-13-12(8-10)14(16-18-13)11-4-6-17(9-15)7-5-11/h2-3,8,11H,4-7H2,1H3. The van der Waals surface area contributed by atoms with E-state index in [-0.39, 0.29) is 0 Å².